The molecule has 2 amide bonds. The van der Waals surface area contributed by atoms with Crippen LogP contribution in [0.25, 0.3) is 0 Å². The molecule has 0 aromatic rings. The molecule has 0 saturated carbocycles. The Hall–Kier alpha value is -1.52. The van der Waals surface area contributed by atoms with Crippen molar-refractivity contribution in [2.75, 3.05) is 13.1 Å². The monoisotopic (exact) mass is 282 g/mol. The number of nitrogens with one attached hydrogen (secondary N) is 2. The van der Waals surface area contributed by atoms with Crippen molar-refractivity contribution in [1.82, 2.24) is 10.6 Å². The number of amides is 2. The highest BCUT2D eigenvalue weighted by molar-refractivity contribution is 5.73. The molecular weight excluding hydrogens is 256 g/mol. The van der Waals surface area contributed by atoms with Crippen molar-refractivity contribution in [3.63, 3.8) is 0 Å². The number of carboxylic acid groups (broad SMARTS) is 1. The third-order valence-corrected chi connectivity index (χ3v) is 3.53. The van der Waals surface area contributed by atoms with Crippen LogP contribution in [-0.4, -0.2) is 30.2 Å². The third-order valence-electron chi connectivity index (χ3n) is 3.53. The van der Waals surface area contributed by atoms with E-state index < -0.39 is 5.97 Å². The number of aliphatic carboxylic acids is 1. The molecule has 3 N–H and O–H groups in total. The van der Waals surface area contributed by atoms with Crippen LogP contribution < -0.4 is 10.6 Å². The van der Waals surface area contributed by atoms with E-state index in [1.807, 2.05) is 0 Å². The van der Waals surface area contributed by atoms with Crippen molar-refractivity contribution in [3.05, 3.63) is 12.2 Å². The molecule has 0 aromatic carbocycles. The number of urea groups is 1. The summed E-state index contributed by atoms with van der Waals surface area (Å²) < 4.78 is 0. The van der Waals surface area contributed by atoms with E-state index >= 15 is 0 Å². The fourth-order valence-corrected chi connectivity index (χ4v) is 2.30. The van der Waals surface area contributed by atoms with Gasteiger partial charge in [-0.1, -0.05) is 25.0 Å². The van der Waals surface area contributed by atoms with Gasteiger partial charge in [-0.25, -0.2) is 4.79 Å². The van der Waals surface area contributed by atoms with Crippen LogP contribution >= 0.6 is 0 Å². The minimum Gasteiger partial charge on any atom is -0.481 e. The molecule has 0 aliphatic heterocycles. The Kier molecular flexibility index (Phi) is 8.51. The number of hydrogen-bond acceptors (Lipinski definition) is 2. The van der Waals surface area contributed by atoms with Crippen molar-refractivity contribution >= 4 is 12.0 Å². The van der Waals surface area contributed by atoms with Gasteiger partial charge in [0.15, 0.2) is 0 Å². The van der Waals surface area contributed by atoms with Gasteiger partial charge in [-0.2, -0.15) is 0 Å². The predicted molar refractivity (Wildman–Crippen MR) is 78.6 cm³/mol. The molecule has 0 spiro atoms. The minimum absolute atomic E-state index is 0.0925. The lowest BCUT2D eigenvalue weighted by molar-refractivity contribution is -0.137. The molecule has 5 nitrogen and oxygen atoms in total. The SMILES string of the molecule is O=C(O)CCCCCCNC(=O)NCC1CC=CCC1. The minimum atomic E-state index is -0.736. The third kappa shape index (κ3) is 8.56. The van der Waals surface area contributed by atoms with Gasteiger partial charge in [-0.15, -0.1) is 0 Å². The zero-order valence-electron chi connectivity index (χ0n) is 12.1. The second kappa shape index (κ2) is 10.3. The quantitative estimate of drug-likeness (QED) is 0.449. The highest BCUT2D eigenvalue weighted by Gasteiger charge is 2.10. The maximum atomic E-state index is 11.5. The number of carboxylic acids is 1. The Bertz CT molecular complexity index is 329. The molecule has 0 radical (unpaired) electrons. The number of carbonyl (C=O) groups excluding carboxylic acids is 1. The first kappa shape index (κ1) is 16.5. The summed E-state index contributed by atoms with van der Waals surface area (Å²) in [6.45, 7) is 1.40. The van der Waals surface area contributed by atoms with Gasteiger partial charge >= 0.3 is 12.0 Å². The molecule has 1 unspecified atom stereocenters. The van der Waals surface area contributed by atoms with E-state index in [2.05, 4.69) is 22.8 Å². The van der Waals surface area contributed by atoms with E-state index in [-0.39, 0.29) is 12.5 Å². The number of rotatable bonds is 9. The van der Waals surface area contributed by atoms with Crippen LogP contribution in [0.1, 0.15) is 51.4 Å². The van der Waals surface area contributed by atoms with E-state index in [9.17, 15) is 9.59 Å². The lowest BCUT2D eigenvalue weighted by Gasteiger charge is -2.18. The molecule has 1 aliphatic carbocycles. The van der Waals surface area contributed by atoms with Gasteiger partial charge in [0.25, 0.3) is 0 Å². The maximum Gasteiger partial charge on any atom is 0.314 e. The largest absolute Gasteiger partial charge is 0.481 e. The molecule has 1 atom stereocenters. The summed E-state index contributed by atoms with van der Waals surface area (Å²) in [6.07, 6.45) is 11.4. The van der Waals surface area contributed by atoms with Gasteiger partial charge in [0.2, 0.25) is 0 Å². The number of allylic oxidation sites excluding steroid dienone is 2. The van der Waals surface area contributed by atoms with Crippen LogP contribution in [0.2, 0.25) is 0 Å². The standard InChI is InChI=1S/C15H26N2O3/c18-14(19)10-6-1-2-7-11-16-15(20)17-12-13-8-4-3-5-9-13/h3-4,13H,1-2,5-12H2,(H,18,19)(H2,16,17,20). The van der Waals surface area contributed by atoms with Crippen molar-refractivity contribution in [2.45, 2.75) is 51.4 Å². The number of carbonyl (C=O) groups is 2. The van der Waals surface area contributed by atoms with Crippen molar-refractivity contribution in [3.8, 4) is 0 Å². The van der Waals surface area contributed by atoms with Crippen molar-refractivity contribution in [1.29, 1.82) is 0 Å². The summed E-state index contributed by atoms with van der Waals surface area (Å²) in [5.74, 6) is -0.165. The molecule has 5 heteroatoms. The summed E-state index contributed by atoms with van der Waals surface area (Å²) in [5, 5.41) is 14.2. The van der Waals surface area contributed by atoms with Crippen LogP contribution in [0, 0.1) is 5.92 Å². The smallest absolute Gasteiger partial charge is 0.314 e. The summed E-state index contributed by atoms with van der Waals surface area (Å²) in [7, 11) is 0. The highest BCUT2D eigenvalue weighted by atomic mass is 16.4. The van der Waals surface area contributed by atoms with E-state index in [0.29, 0.717) is 12.5 Å². The second-order valence-electron chi connectivity index (χ2n) is 5.35. The Balaban J connectivity index is 1.89. The van der Waals surface area contributed by atoms with Gasteiger partial charge in [0.1, 0.15) is 0 Å². The van der Waals surface area contributed by atoms with E-state index in [1.54, 1.807) is 0 Å². The Morgan fingerprint density at radius 3 is 2.60 bits per heavy atom. The first-order chi connectivity index (χ1) is 9.68. The van der Waals surface area contributed by atoms with Crippen molar-refractivity contribution in [2.24, 2.45) is 5.92 Å². The second-order valence-corrected chi connectivity index (χ2v) is 5.35. The average molecular weight is 282 g/mol. The van der Waals surface area contributed by atoms with E-state index in [4.69, 9.17) is 5.11 Å². The molecule has 0 bridgehead atoms. The van der Waals surface area contributed by atoms with Gasteiger partial charge < -0.3 is 15.7 Å². The predicted octanol–water partition coefficient (Wildman–Crippen LogP) is 2.68. The lowest BCUT2D eigenvalue weighted by atomic mass is 9.94. The fraction of sp³-hybridized carbons (Fsp3) is 0.733. The fourth-order valence-electron chi connectivity index (χ4n) is 2.30. The topological polar surface area (TPSA) is 78.4 Å². The molecular formula is C15H26N2O3. The molecule has 0 fully saturated rings. The van der Waals surface area contributed by atoms with Crippen LogP contribution in [-0.2, 0) is 4.79 Å². The van der Waals surface area contributed by atoms with Crippen LogP contribution in [0.15, 0.2) is 12.2 Å². The lowest BCUT2D eigenvalue weighted by Crippen LogP contribution is -2.38. The van der Waals surface area contributed by atoms with Crippen LogP contribution in [0.5, 0.6) is 0 Å². The van der Waals surface area contributed by atoms with E-state index in [0.717, 1.165) is 51.5 Å². The average Bonchev–Trinajstić information content (AvgIpc) is 2.45. The molecule has 20 heavy (non-hydrogen) atoms. The molecule has 0 aromatic heterocycles. The zero-order valence-corrected chi connectivity index (χ0v) is 12.1. The molecule has 1 aliphatic rings. The van der Waals surface area contributed by atoms with E-state index in [1.165, 1.54) is 0 Å². The highest BCUT2D eigenvalue weighted by Crippen LogP contribution is 2.16. The Morgan fingerprint density at radius 2 is 1.90 bits per heavy atom. The van der Waals surface area contributed by atoms with Gasteiger partial charge in [-0.05, 0) is 38.0 Å². The molecule has 0 heterocycles. The van der Waals surface area contributed by atoms with Gasteiger partial charge in [0, 0.05) is 19.5 Å². The zero-order chi connectivity index (χ0) is 14.6. The van der Waals surface area contributed by atoms with Crippen molar-refractivity contribution < 1.29 is 14.7 Å². The summed E-state index contributed by atoms with van der Waals surface area (Å²) >= 11 is 0. The normalized spacial score (nSPS) is 17.7. The molecule has 0 saturated heterocycles. The van der Waals surface area contributed by atoms with Crippen LogP contribution in [0.4, 0.5) is 4.79 Å². The van der Waals surface area contributed by atoms with Crippen LogP contribution in [0.3, 0.4) is 0 Å². The first-order valence-corrected chi connectivity index (χ1v) is 7.57. The van der Waals surface area contributed by atoms with Gasteiger partial charge in [0.05, 0.1) is 0 Å². The molecule has 114 valence electrons. The Morgan fingerprint density at radius 1 is 1.10 bits per heavy atom. The maximum absolute atomic E-state index is 11.5. The number of unbranched alkanes of at least 4 members (excludes halogenated alkanes) is 3. The summed E-state index contributed by atoms with van der Waals surface area (Å²) in [4.78, 5) is 21.9. The first-order valence-electron chi connectivity index (χ1n) is 7.57. The summed E-state index contributed by atoms with van der Waals surface area (Å²) in [5.41, 5.74) is 0. The summed E-state index contributed by atoms with van der Waals surface area (Å²) in [6, 6.07) is -0.0925. The number of hydrogen-bond donors (Lipinski definition) is 3. The molecule has 1 rings (SSSR count). The van der Waals surface area contributed by atoms with Gasteiger partial charge in [-0.3, -0.25) is 4.79 Å². The Labute approximate surface area is 120 Å².